The summed E-state index contributed by atoms with van der Waals surface area (Å²) >= 11 is 0. The molecule has 23 heavy (non-hydrogen) atoms. The molecule has 4 heteroatoms. The zero-order valence-electron chi connectivity index (χ0n) is 13.5. The van der Waals surface area contributed by atoms with Crippen molar-refractivity contribution in [3.63, 3.8) is 0 Å². The number of hydrogen-bond acceptors (Lipinski definition) is 3. The number of imidazole rings is 1. The summed E-state index contributed by atoms with van der Waals surface area (Å²) in [5.74, 6) is 1.65. The first-order chi connectivity index (χ1) is 11.4. The van der Waals surface area contributed by atoms with Crippen molar-refractivity contribution in [3.8, 4) is 0 Å². The van der Waals surface area contributed by atoms with Gasteiger partial charge in [-0.2, -0.15) is 0 Å². The van der Waals surface area contributed by atoms with Gasteiger partial charge in [-0.3, -0.25) is 0 Å². The van der Waals surface area contributed by atoms with Gasteiger partial charge in [-0.25, -0.2) is 4.98 Å². The lowest BCUT2D eigenvalue weighted by Gasteiger charge is -2.33. The van der Waals surface area contributed by atoms with E-state index in [4.69, 9.17) is 0 Å². The Bertz CT molecular complexity index is 685. The van der Waals surface area contributed by atoms with Crippen LogP contribution in [0.4, 0.5) is 5.69 Å². The van der Waals surface area contributed by atoms with Gasteiger partial charge in [0.05, 0.1) is 18.6 Å². The van der Waals surface area contributed by atoms with Gasteiger partial charge in [0.2, 0.25) is 0 Å². The quantitative estimate of drug-likeness (QED) is 0.912. The van der Waals surface area contributed by atoms with Crippen LogP contribution in [0.5, 0.6) is 0 Å². The van der Waals surface area contributed by atoms with Crippen molar-refractivity contribution in [2.45, 2.75) is 50.7 Å². The van der Waals surface area contributed by atoms with E-state index in [2.05, 4.69) is 38.4 Å². The molecule has 1 aliphatic heterocycles. The minimum absolute atomic E-state index is 0.606. The summed E-state index contributed by atoms with van der Waals surface area (Å²) in [5, 5.41) is 3.74. The molecule has 2 N–H and O–H groups in total. The smallest absolute Gasteiger partial charge is 0.0922 e. The maximum atomic E-state index is 4.21. The molecule has 0 radical (unpaired) electrons. The number of aromatic nitrogens is 2. The van der Waals surface area contributed by atoms with Crippen molar-refractivity contribution in [1.29, 1.82) is 0 Å². The number of rotatable bonds is 4. The molecule has 1 aromatic heterocycles. The van der Waals surface area contributed by atoms with E-state index in [1.54, 1.807) is 11.9 Å². The second-order valence-electron chi connectivity index (χ2n) is 7.36. The first-order valence-electron chi connectivity index (χ1n) is 8.96. The van der Waals surface area contributed by atoms with Crippen LogP contribution >= 0.6 is 0 Å². The van der Waals surface area contributed by atoms with Gasteiger partial charge in [0.15, 0.2) is 0 Å². The highest BCUT2D eigenvalue weighted by Gasteiger charge is 2.38. The summed E-state index contributed by atoms with van der Waals surface area (Å²) < 4.78 is 0. The molecule has 1 atom stereocenters. The Balaban J connectivity index is 1.57. The number of aromatic amines is 1. The molecule has 1 aromatic carbocycles. The molecule has 5 rings (SSSR count). The van der Waals surface area contributed by atoms with Gasteiger partial charge in [0, 0.05) is 31.0 Å². The van der Waals surface area contributed by atoms with E-state index >= 15 is 0 Å². The van der Waals surface area contributed by atoms with Crippen LogP contribution in [0.2, 0.25) is 0 Å². The number of H-pyrrole nitrogens is 1. The Hall–Kier alpha value is -1.81. The maximum Gasteiger partial charge on any atom is 0.0922 e. The molecule has 2 saturated carbocycles. The molecule has 2 aliphatic carbocycles. The fourth-order valence-electron chi connectivity index (χ4n) is 4.12. The lowest BCUT2D eigenvalue weighted by atomic mass is 10.00. The van der Waals surface area contributed by atoms with Crippen molar-refractivity contribution in [1.82, 2.24) is 15.3 Å². The predicted octanol–water partition coefficient (Wildman–Crippen LogP) is 3.18. The van der Waals surface area contributed by atoms with Crippen molar-refractivity contribution in [2.75, 3.05) is 11.4 Å². The third-order valence-corrected chi connectivity index (χ3v) is 5.63. The monoisotopic (exact) mass is 308 g/mol. The lowest BCUT2D eigenvalue weighted by Crippen LogP contribution is -2.41. The average molecular weight is 308 g/mol. The van der Waals surface area contributed by atoms with Gasteiger partial charge >= 0.3 is 0 Å². The summed E-state index contributed by atoms with van der Waals surface area (Å²) in [6.07, 6.45) is 9.24. The van der Waals surface area contributed by atoms with E-state index in [1.165, 1.54) is 42.6 Å². The van der Waals surface area contributed by atoms with E-state index in [9.17, 15) is 0 Å². The van der Waals surface area contributed by atoms with E-state index < -0.39 is 0 Å². The van der Waals surface area contributed by atoms with E-state index in [-0.39, 0.29) is 0 Å². The normalized spacial score (nSPS) is 24.3. The third kappa shape index (κ3) is 2.55. The van der Waals surface area contributed by atoms with Crippen LogP contribution in [0, 0.1) is 5.92 Å². The molecular weight excluding hydrogens is 284 g/mol. The Morgan fingerprint density at radius 3 is 2.83 bits per heavy atom. The number of nitrogens with zero attached hydrogens (tertiary/aromatic N) is 2. The Morgan fingerprint density at radius 2 is 2.09 bits per heavy atom. The van der Waals surface area contributed by atoms with Gasteiger partial charge in [-0.05, 0) is 54.7 Å². The van der Waals surface area contributed by atoms with Crippen molar-refractivity contribution in [2.24, 2.45) is 5.92 Å². The minimum atomic E-state index is 0.606. The van der Waals surface area contributed by atoms with Gasteiger partial charge in [0.25, 0.3) is 0 Å². The number of benzene rings is 1. The first kappa shape index (κ1) is 13.6. The zero-order valence-corrected chi connectivity index (χ0v) is 13.5. The molecule has 0 saturated heterocycles. The fourth-order valence-corrected chi connectivity index (χ4v) is 4.12. The second kappa shape index (κ2) is 5.38. The van der Waals surface area contributed by atoms with Crippen LogP contribution in [0.3, 0.4) is 0 Å². The van der Waals surface area contributed by atoms with Gasteiger partial charge in [-0.15, -0.1) is 0 Å². The van der Waals surface area contributed by atoms with Gasteiger partial charge in [0.1, 0.15) is 0 Å². The third-order valence-electron chi connectivity index (χ3n) is 5.63. The van der Waals surface area contributed by atoms with Crippen LogP contribution < -0.4 is 10.2 Å². The van der Waals surface area contributed by atoms with Gasteiger partial charge < -0.3 is 15.2 Å². The number of nitrogens with one attached hydrogen (secondary N) is 2. The van der Waals surface area contributed by atoms with Crippen LogP contribution in [-0.4, -0.2) is 22.6 Å². The molecule has 2 fully saturated rings. The summed E-state index contributed by atoms with van der Waals surface area (Å²) in [4.78, 5) is 10.1. The van der Waals surface area contributed by atoms with E-state index in [1.807, 2.05) is 6.20 Å². The topological polar surface area (TPSA) is 44.0 Å². The highest BCUT2D eigenvalue weighted by atomic mass is 15.2. The zero-order chi connectivity index (χ0) is 15.2. The predicted molar refractivity (Wildman–Crippen MR) is 91.4 cm³/mol. The molecule has 0 spiro atoms. The van der Waals surface area contributed by atoms with Crippen molar-refractivity contribution >= 4 is 5.69 Å². The van der Waals surface area contributed by atoms with E-state index in [0.29, 0.717) is 6.04 Å². The molecule has 3 aliphatic rings. The highest BCUT2D eigenvalue weighted by Crippen LogP contribution is 2.46. The second-order valence-corrected chi connectivity index (χ2v) is 7.36. The standard InChI is InChI=1S/C19H24N4/c1-2-16(13-4-5-13)17-9-20-10-19(14-6-7-14)23(18(17)3-1)11-15-8-21-12-22-15/h1-3,8,12-14,19-20H,4-7,9-11H2,(H,21,22). The molecule has 0 bridgehead atoms. The molecule has 120 valence electrons. The Morgan fingerprint density at radius 1 is 1.17 bits per heavy atom. The average Bonchev–Trinajstić information content (AvgIpc) is 3.47. The van der Waals surface area contributed by atoms with Crippen molar-refractivity contribution < 1.29 is 0 Å². The van der Waals surface area contributed by atoms with Crippen molar-refractivity contribution in [3.05, 3.63) is 47.5 Å². The number of hydrogen-bond donors (Lipinski definition) is 2. The van der Waals surface area contributed by atoms with E-state index in [0.717, 1.165) is 31.5 Å². The largest absolute Gasteiger partial charge is 0.361 e. The fraction of sp³-hybridized carbons (Fsp3) is 0.526. The van der Waals surface area contributed by atoms with Crippen LogP contribution in [0.1, 0.15) is 48.4 Å². The first-order valence-corrected chi connectivity index (χ1v) is 8.96. The molecule has 2 heterocycles. The molecule has 4 nitrogen and oxygen atoms in total. The number of anilines is 1. The van der Waals surface area contributed by atoms with Crippen LogP contribution in [0.15, 0.2) is 30.7 Å². The van der Waals surface area contributed by atoms with Crippen LogP contribution in [0.25, 0.3) is 0 Å². The molecule has 2 aromatic rings. The van der Waals surface area contributed by atoms with Gasteiger partial charge in [-0.1, -0.05) is 12.1 Å². The summed E-state index contributed by atoms with van der Waals surface area (Å²) in [6, 6.07) is 7.56. The van der Waals surface area contributed by atoms with Crippen LogP contribution in [-0.2, 0) is 13.1 Å². The Kier molecular flexibility index (Phi) is 3.18. The summed E-state index contributed by atoms with van der Waals surface area (Å²) in [6.45, 7) is 3.05. The summed E-state index contributed by atoms with van der Waals surface area (Å²) in [5.41, 5.74) is 5.78. The highest BCUT2D eigenvalue weighted by molar-refractivity contribution is 5.60. The molecule has 1 unspecified atom stereocenters. The number of fused-ring (bicyclic) bond motifs is 1. The lowest BCUT2D eigenvalue weighted by molar-refractivity contribution is 0.498. The SMILES string of the molecule is c1cc(C2CC2)c2c(c1)N(Cc1cnc[nH]1)C(C1CC1)CNC2. The molecule has 0 amide bonds. The molecular formula is C19H24N4. The maximum absolute atomic E-state index is 4.21. The Labute approximate surface area is 137 Å². The summed E-state index contributed by atoms with van der Waals surface area (Å²) in [7, 11) is 0. The minimum Gasteiger partial charge on any atom is -0.361 e.